The lowest BCUT2D eigenvalue weighted by atomic mass is 9.98. The largest absolute Gasteiger partial charge is 0.323 e. The highest BCUT2D eigenvalue weighted by Crippen LogP contribution is 2.38. The summed E-state index contributed by atoms with van der Waals surface area (Å²) in [5.74, 6) is 1.18. The highest BCUT2D eigenvalue weighted by Gasteiger charge is 2.26. The van der Waals surface area contributed by atoms with Gasteiger partial charge in [-0.25, -0.2) is 0 Å². The van der Waals surface area contributed by atoms with Crippen LogP contribution in [0.1, 0.15) is 11.1 Å². The van der Waals surface area contributed by atoms with Crippen LogP contribution in [0, 0.1) is 0 Å². The first-order chi connectivity index (χ1) is 8.92. The van der Waals surface area contributed by atoms with Crippen molar-refractivity contribution in [3.63, 3.8) is 0 Å². The van der Waals surface area contributed by atoms with Crippen molar-refractivity contribution < 1.29 is 0 Å². The van der Waals surface area contributed by atoms with E-state index >= 15 is 0 Å². The molecule has 0 radical (unpaired) electrons. The second kappa shape index (κ2) is 3.89. The number of rotatable bonds is 0. The number of fused-ring (bicyclic) bond motifs is 4. The maximum absolute atomic E-state index is 4.65. The zero-order valence-electron chi connectivity index (χ0n) is 9.84. The maximum Gasteiger partial charge on any atom is 0.122 e. The van der Waals surface area contributed by atoms with Crippen LogP contribution in [0.25, 0.3) is 0 Å². The SMILES string of the molecule is c1ccc2c(c1)CC1=NSc3ccccc3N1C2. The first kappa shape index (κ1) is 10.2. The fourth-order valence-corrected chi connectivity index (χ4v) is 3.35. The molecule has 0 spiro atoms. The molecule has 88 valence electrons. The molecule has 0 aliphatic carbocycles. The number of hydrogen-bond donors (Lipinski definition) is 0. The zero-order valence-corrected chi connectivity index (χ0v) is 10.7. The quantitative estimate of drug-likeness (QED) is 0.665. The Morgan fingerprint density at radius 1 is 0.944 bits per heavy atom. The van der Waals surface area contributed by atoms with E-state index in [1.807, 2.05) is 0 Å². The molecule has 0 saturated heterocycles. The Morgan fingerprint density at radius 2 is 1.72 bits per heavy atom. The fourth-order valence-electron chi connectivity index (χ4n) is 2.58. The Labute approximate surface area is 110 Å². The van der Waals surface area contributed by atoms with Gasteiger partial charge in [0.05, 0.1) is 10.6 Å². The second-order valence-electron chi connectivity index (χ2n) is 4.60. The third-order valence-electron chi connectivity index (χ3n) is 3.51. The molecule has 0 aromatic heterocycles. The Morgan fingerprint density at radius 3 is 2.67 bits per heavy atom. The summed E-state index contributed by atoms with van der Waals surface area (Å²) < 4.78 is 4.65. The zero-order chi connectivity index (χ0) is 11.9. The van der Waals surface area contributed by atoms with Gasteiger partial charge in [-0.2, -0.15) is 4.40 Å². The van der Waals surface area contributed by atoms with Crippen molar-refractivity contribution >= 4 is 23.5 Å². The molecule has 4 rings (SSSR count). The van der Waals surface area contributed by atoms with E-state index in [1.165, 1.54) is 27.5 Å². The molecule has 18 heavy (non-hydrogen) atoms. The number of anilines is 1. The Balaban J connectivity index is 1.83. The molecule has 0 unspecified atom stereocenters. The molecule has 3 heteroatoms. The molecular weight excluding hydrogens is 240 g/mol. The Bertz CT molecular complexity index is 642. The normalized spacial score (nSPS) is 16.4. The van der Waals surface area contributed by atoms with Crippen molar-refractivity contribution in [3.05, 3.63) is 59.7 Å². The molecule has 0 saturated carbocycles. The molecule has 0 amide bonds. The number of para-hydroxylation sites is 1. The van der Waals surface area contributed by atoms with Gasteiger partial charge in [-0.1, -0.05) is 36.4 Å². The van der Waals surface area contributed by atoms with Crippen molar-refractivity contribution in [2.45, 2.75) is 17.9 Å². The first-order valence-corrected chi connectivity index (χ1v) is 6.86. The number of benzene rings is 2. The van der Waals surface area contributed by atoms with E-state index in [0.717, 1.165) is 13.0 Å². The topological polar surface area (TPSA) is 15.6 Å². The molecule has 0 N–H and O–H groups in total. The third kappa shape index (κ3) is 1.47. The van der Waals surface area contributed by atoms with E-state index < -0.39 is 0 Å². The molecule has 2 aromatic carbocycles. The van der Waals surface area contributed by atoms with E-state index in [0.29, 0.717) is 0 Å². The molecule has 0 atom stereocenters. The molecule has 2 heterocycles. The van der Waals surface area contributed by atoms with Crippen LogP contribution in [0.4, 0.5) is 5.69 Å². The van der Waals surface area contributed by atoms with Gasteiger partial charge in [0.2, 0.25) is 0 Å². The summed E-state index contributed by atoms with van der Waals surface area (Å²) in [5.41, 5.74) is 4.12. The predicted octanol–water partition coefficient (Wildman–Crippen LogP) is 3.67. The molecule has 0 bridgehead atoms. The first-order valence-electron chi connectivity index (χ1n) is 6.09. The Kier molecular flexibility index (Phi) is 2.20. The van der Waals surface area contributed by atoms with Gasteiger partial charge in [-0.15, -0.1) is 0 Å². The smallest absolute Gasteiger partial charge is 0.122 e. The minimum atomic E-state index is 0.937. The van der Waals surface area contributed by atoms with Gasteiger partial charge < -0.3 is 4.90 Å². The standard InChI is InChI=1S/C15H12N2S/c1-2-6-12-10-17-13-7-3-4-8-14(13)18-16-15(17)9-11(12)5-1/h1-8H,9-10H2. The van der Waals surface area contributed by atoms with Crippen LogP contribution < -0.4 is 4.90 Å². The van der Waals surface area contributed by atoms with Gasteiger partial charge in [0.25, 0.3) is 0 Å². The summed E-state index contributed by atoms with van der Waals surface area (Å²) in [4.78, 5) is 3.59. The van der Waals surface area contributed by atoms with Crippen molar-refractivity contribution in [2.24, 2.45) is 4.40 Å². The van der Waals surface area contributed by atoms with E-state index in [4.69, 9.17) is 0 Å². The Hall–Kier alpha value is -1.74. The maximum atomic E-state index is 4.65. The van der Waals surface area contributed by atoms with Crippen molar-refractivity contribution in [1.29, 1.82) is 0 Å². The van der Waals surface area contributed by atoms with Crippen molar-refractivity contribution in [1.82, 2.24) is 0 Å². The fraction of sp³-hybridized carbons (Fsp3) is 0.133. The van der Waals surface area contributed by atoms with E-state index in [-0.39, 0.29) is 0 Å². The highest BCUT2D eigenvalue weighted by molar-refractivity contribution is 7.98. The lowest BCUT2D eigenvalue weighted by molar-refractivity contribution is 0.913. The van der Waals surface area contributed by atoms with Gasteiger partial charge in [0.15, 0.2) is 0 Å². The van der Waals surface area contributed by atoms with E-state index in [2.05, 4.69) is 57.8 Å². The average molecular weight is 252 g/mol. The molecule has 2 aliphatic heterocycles. The predicted molar refractivity (Wildman–Crippen MR) is 76.1 cm³/mol. The summed E-state index contributed by atoms with van der Waals surface area (Å²) >= 11 is 1.60. The number of nitrogens with zero attached hydrogens (tertiary/aromatic N) is 2. The van der Waals surface area contributed by atoms with Crippen molar-refractivity contribution in [3.8, 4) is 0 Å². The van der Waals surface area contributed by atoms with Gasteiger partial charge in [-0.05, 0) is 23.3 Å². The van der Waals surface area contributed by atoms with Crippen LogP contribution in [0.5, 0.6) is 0 Å². The monoisotopic (exact) mass is 252 g/mol. The molecule has 2 aromatic rings. The van der Waals surface area contributed by atoms with Crippen LogP contribution in [-0.2, 0) is 13.0 Å². The highest BCUT2D eigenvalue weighted by atomic mass is 32.2. The van der Waals surface area contributed by atoms with Gasteiger partial charge in [0.1, 0.15) is 5.84 Å². The molecular formula is C15H12N2S. The van der Waals surface area contributed by atoms with Crippen LogP contribution in [0.15, 0.2) is 57.8 Å². The van der Waals surface area contributed by atoms with Crippen LogP contribution in [0.3, 0.4) is 0 Å². The van der Waals surface area contributed by atoms with Crippen LogP contribution in [-0.4, -0.2) is 5.84 Å². The molecule has 0 fully saturated rings. The summed E-state index contributed by atoms with van der Waals surface area (Å²) in [6.45, 7) is 0.937. The van der Waals surface area contributed by atoms with Gasteiger partial charge >= 0.3 is 0 Å². The van der Waals surface area contributed by atoms with Crippen LogP contribution in [0.2, 0.25) is 0 Å². The summed E-state index contributed by atoms with van der Waals surface area (Å²) in [6, 6.07) is 17.2. The van der Waals surface area contributed by atoms with Crippen LogP contribution >= 0.6 is 11.9 Å². The third-order valence-corrected chi connectivity index (χ3v) is 4.36. The number of hydrogen-bond acceptors (Lipinski definition) is 3. The summed E-state index contributed by atoms with van der Waals surface area (Å²) in [5, 5.41) is 0. The minimum Gasteiger partial charge on any atom is -0.323 e. The summed E-state index contributed by atoms with van der Waals surface area (Å²) in [7, 11) is 0. The average Bonchev–Trinajstić information content (AvgIpc) is 2.45. The van der Waals surface area contributed by atoms with E-state index in [9.17, 15) is 0 Å². The van der Waals surface area contributed by atoms with Crippen molar-refractivity contribution in [2.75, 3.05) is 4.90 Å². The molecule has 2 aliphatic rings. The van der Waals surface area contributed by atoms with Gasteiger partial charge in [0, 0.05) is 24.9 Å². The molecule has 2 nitrogen and oxygen atoms in total. The van der Waals surface area contributed by atoms with E-state index in [1.54, 1.807) is 11.9 Å². The summed E-state index contributed by atoms with van der Waals surface area (Å²) in [6.07, 6.45) is 0.942. The second-order valence-corrected chi connectivity index (χ2v) is 5.40. The number of amidine groups is 1. The lowest BCUT2D eigenvalue weighted by Crippen LogP contribution is -2.37. The minimum absolute atomic E-state index is 0.937. The van der Waals surface area contributed by atoms with Gasteiger partial charge in [-0.3, -0.25) is 0 Å². The lowest BCUT2D eigenvalue weighted by Gasteiger charge is -2.35.